The van der Waals surface area contributed by atoms with E-state index in [-0.39, 0.29) is 12.4 Å². The van der Waals surface area contributed by atoms with Crippen LogP contribution in [-0.2, 0) is 0 Å². The van der Waals surface area contributed by atoms with Gasteiger partial charge in [0, 0.05) is 6.54 Å². The first-order chi connectivity index (χ1) is 7.18. The highest BCUT2D eigenvalue weighted by Crippen LogP contribution is 2.17. The van der Waals surface area contributed by atoms with Crippen LogP contribution in [0.15, 0.2) is 24.3 Å². The van der Waals surface area contributed by atoms with Gasteiger partial charge in [-0.1, -0.05) is 0 Å². The molecule has 0 aromatic heterocycles. The first-order valence-corrected chi connectivity index (χ1v) is 4.99. The van der Waals surface area contributed by atoms with Crippen LogP contribution in [0.2, 0.25) is 0 Å². The van der Waals surface area contributed by atoms with Crippen LogP contribution in [0.1, 0.15) is 6.42 Å². The van der Waals surface area contributed by atoms with Crippen molar-refractivity contribution >= 4 is 0 Å². The van der Waals surface area contributed by atoms with Gasteiger partial charge in [0.15, 0.2) is 0 Å². The summed E-state index contributed by atoms with van der Waals surface area (Å²) in [4.78, 5) is 0. The van der Waals surface area contributed by atoms with Gasteiger partial charge in [-0.05, 0) is 37.2 Å². The molecule has 1 aliphatic rings. The summed E-state index contributed by atoms with van der Waals surface area (Å²) in [6, 6.07) is 5.79. The van der Waals surface area contributed by atoms with Gasteiger partial charge < -0.3 is 15.2 Å². The van der Waals surface area contributed by atoms with Crippen molar-refractivity contribution in [1.82, 2.24) is 5.32 Å². The van der Waals surface area contributed by atoms with Gasteiger partial charge in [-0.2, -0.15) is 0 Å². The van der Waals surface area contributed by atoms with Crippen molar-refractivity contribution in [2.45, 2.75) is 12.0 Å². The maximum absolute atomic E-state index is 12.6. The van der Waals surface area contributed by atoms with Crippen LogP contribution in [0.3, 0.4) is 0 Å². The number of ether oxygens (including phenoxy) is 1. The molecule has 0 bridgehead atoms. The molecule has 1 heterocycles. The fourth-order valence-corrected chi connectivity index (χ4v) is 1.60. The number of β-amino-alcohol motifs (C(OH)–C–C–N with tert-alkyl or cyclic N) is 1. The minimum atomic E-state index is -0.783. The standard InChI is InChI=1S/C11H14FNO2/c12-9-1-3-10(4-2-9)15-8-11(14)5-6-13-7-11/h1-4,13-14H,5-8H2/t11-/m0/s1. The van der Waals surface area contributed by atoms with E-state index in [0.717, 1.165) is 6.54 Å². The van der Waals surface area contributed by atoms with Crippen LogP contribution in [-0.4, -0.2) is 30.4 Å². The summed E-state index contributed by atoms with van der Waals surface area (Å²) in [5.74, 6) is 0.292. The molecule has 3 nitrogen and oxygen atoms in total. The minimum Gasteiger partial charge on any atom is -0.491 e. The molecule has 2 rings (SSSR count). The van der Waals surface area contributed by atoms with E-state index < -0.39 is 5.60 Å². The Hall–Kier alpha value is -1.13. The highest BCUT2D eigenvalue weighted by molar-refractivity contribution is 5.22. The Bertz CT molecular complexity index is 320. The van der Waals surface area contributed by atoms with E-state index in [1.165, 1.54) is 12.1 Å². The summed E-state index contributed by atoms with van der Waals surface area (Å²) in [5, 5.41) is 13.0. The summed E-state index contributed by atoms with van der Waals surface area (Å²) in [6.45, 7) is 1.60. The maximum Gasteiger partial charge on any atom is 0.123 e. The molecular formula is C11H14FNO2. The Morgan fingerprint density at radius 3 is 2.73 bits per heavy atom. The second-order valence-electron chi connectivity index (χ2n) is 3.89. The molecule has 0 saturated carbocycles. The Morgan fingerprint density at radius 1 is 1.40 bits per heavy atom. The van der Waals surface area contributed by atoms with Crippen LogP contribution in [0.4, 0.5) is 4.39 Å². The van der Waals surface area contributed by atoms with E-state index in [9.17, 15) is 9.50 Å². The number of hydrogen-bond acceptors (Lipinski definition) is 3. The van der Waals surface area contributed by atoms with Crippen molar-refractivity contribution in [1.29, 1.82) is 0 Å². The molecule has 0 radical (unpaired) electrons. The third-order valence-corrected chi connectivity index (χ3v) is 2.54. The lowest BCUT2D eigenvalue weighted by Crippen LogP contribution is -2.38. The topological polar surface area (TPSA) is 41.5 Å². The van der Waals surface area contributed by atoms with Gasteiger partial charge in [-0.25, -0.2) is 4.39 Å². The fourth-order valence-electron chi connectivity index (χ4n) is 1.60. The number of benzene rings is 1. The predicted molar refractivity (Wildman–Crippen MR) is 54.3 cm³/mol. The van der Waals surface area contributed by atoms with E-state index in [2.05, 4.69) is 5.32 Å². The summed E-state index contributed by atoms with van der Waals surface area (Å²) in [5.41, 5.74) is -0.783. The zero-order chi connectivity index (χ0) is 10.7. The molecule has 0 spiro atoms. The van der Waals surface area contributed by atoms with E-state index in [4.69, 9.17) is 4.74 Å². The summed E-state index contributed by atoms with van der Waals surface area (Å²) in [7, 11) is 0. The Balaban J connectivity index is 1.90. The molecule has 4 heteroatoms. The van der Waals surface area contributed by atoms with Gasteiger partial charge in [-0.3, -0.25) is 0 Å². The van der Waals surface area contributed by atoms with Crippen molar-refractivity contribution in [2.24, 2.45) is 0 Å². The SMILES string of the molecule is O[C@@]1(COc2ccc(F)cc2)CCNC1. The van der Waals surface area contributed by atoms with E-state index in [1.54, 1.807) is 12.1 Å². The average Bonchev–Trinajstić information content (AvgIpc) is 2.65. The first-order valence-electron chi connectivity index (χ1n) is 4.99. The zero-order valence-corrected chi connectivity index (χ0v) is 8.37. The van der Waals surface area contributed by atoms with Gasteiger partial charge in [0.05, 0.1) is 0 Å². The third-order valence-electron chi connectivity index (χ3n) is 2.54. The van der Waals surface area contributed by atoms with Crippen LogP contribution < -0.4 is 10.1 Å². The summed E-state index contributed by atoms with van der Waals surface area (Å²) < 4.78 is 18.0. The van der Waals surface area contributed by atoms with Crippen molar-refractivity contribution in [2.75, 3.05) is 19.7 Å². The van der Waals surface area contributed by atoms with Gasteiger partial charge >= 0.3 is 0 Å². The van der Waals surface area contributed by atoms with Crippen molar-refractivity contribution < 1.29 is 14.2 Å². The molecule has 0 amide bonds. The fraction of sp³-hybridized carbons (Fsp3) is 0.455. The summed E-state index contributed by atoms with van der Waals surface area (Å²) >= 11 is 0. The van der Waals surface area contributed by atoms with Gasteiger partial charge in [-0.15, -0.1) is 0 Å². The molecule has 1 aromatic rings. The van der Waals surface area contributed by atoms with Gasteiger partial charge in [0.1, 0.15) is 23.8 Å². The van der Waals surface area contributed by atoms with Crippen molar-refractivity contribution in [3.8, 4) is 5.75 Å². The third kappa shape index (κ3) is 2.67. The minimum absolute atomic E-state index is 0.242. The number of hydrogen-bond donors (Lipinski definition) is 2. The van der Waals surface area contributed by atoms with E-state index in [0.29, 0.717) is 18.7 Å². The molecule has 2 N–H and O–H groups in total. The second kappa shape index (κ2) is 4.16. The normalized spacial score (nSPS) is 25.5. The molecule has 1 fully saturated rings. The lowest BCUT2D eigenvalue weighted by atomic mass is 10.1. The molecule has 82 valence electrons. The van der Waals surface area contributed by atoms with Gasteiger partial charge in [0.2, 0.25) is 0 Å². The number of halogens is 1. The zero-order valence-electron chi connectivity index (χ0n) is 8.37. The molecule has 1 saturated heterocycles. The number of aliphatic hydroxyl groups is 1. The van der Waals surface area contributed by atoms with Crippen molar-refractivity contribution in [3.63, 3.8) is 0 Å². The lowest BCUT2D eigenvalue weighted by molar-refractivity contribution is 0.0130. The highest BCUT2D eigenvalue weighted by atomic mass is 19.1. The average molecular weight is 211 g/mol. The van der Waals surface area contributed by atoms with Crippen molar-refractivity contribution in [3.05, 3.63) is 30.1 Å². The largest absolute Gasteiger partial charge is 0.491 e. The van der Waals surface area contributed by atoms with E-state index >= 15 is 0 Å². The highest BCUT2D eigenvalue weighted by Gasteiger charge is 2.31. The molecule has 1 atom stereocenters. The molecule has 15 heavy (non-hydrogen) atoms. The second-order valence-corrected chi connectivity index (χ2v) is 3.89. The quantitative estimate of drug-likeness (QED) is 0.781. The molecule has 0 aliphatic carbocycles. The van der Waals surface area contributed by atoms with Crippen LogP contribution in [0, 0.1) is 5.82 Å². The van der Waals surface area contributed by atoms with E-state index in [1.807, 2.05) is 0 Å². The summed E-state index contributed by atoms with van der Waals surface area (Å²) in [6.07, 6.45) is 0.689. The molecule has 1 aromatic carbocycles. The molecule has 1 aliphatic heterocycles. The predicted octanol–water partition coefficient (Wildman–Crippen LogP) is 0.929. The van der Waals surface area contributed by atoms with Crippen LogP contribution >= 0.6 is 0 Å². The number of rotatable bonds is 3. The molecule has 0 unspecified atom stereocenters. The monoisotopic (exact) mass is 211 g/mol. The Morgan fingerprint density at radius 2 is 2.13 bits per heavy atom. The maximum atomic E-state index is 12.6. The van der Waals surface area contributed by atoms with Crippen LogP contribution in [0.5, 0.6) is 5.75 Å². The lowest BCUT2D eigenvalue weighted by Gasteiger charge is -2.21. The number of nitrogens with one attached hydrogen (secondary N) is 1. The Labute approximate surface area is 87.9 Å². The molecular weight excluding hydrogens is 197 g/mol. The first kappa shape index (κ1) is 10.4. The Kier molecular flexibility index (Phi) is 2.88. The van der Waals surface area contributed by atoms with Gasteiger partial charge in [0.25, 0.3) is 0 Å². The van der Waals surface area contributed by atoms with Crippen LogP contribution in [0.25, 0.3) is 0 Å². The smallest absolute Gasteiger partial charge is 0.123 e.